The summed E-state index contributed by atoms with van der Waals surface area (Å²) in [5, 5.41) is 2.93. The monoisotopic (exact) mass is 272 g/mol. The third-order valence-corrected chi connectivity index (χ3v) is 3.18. The number of amides is 1. The Bertz CT molecular complexity index is 585. The van der Waals surface area contributed by atoms with Gasteiger partial charge in [0.1, 0.15) is 11.5 Å². The Morgan fingerprint density at radius 3 is 2.30 bits per heavy atom. The smallest absolute Gasteiger partial charge is 0.251 e. The van der Waals surface area contributed by atoms with Crippen molar-refractivity contribution in [3.63, 3.8) is 0 Å². The van der Waals surface area contributed by atoms with Crippen LogP contribution >= 0.6 is 0 Å². The summed E-state index contributed by atoms with van der Waals surface area (Å²) in [5.74, 6) is 1.51. The number of nitrogens with zero attached hydrogens (tertiary/aromatic N) is 1. The van der Waals surface area contributed by atoms with Crippen molar-refractivity contribution >= 4 is 11.6 Å². The average Bonchev–Trinajstić information content (AvgIpc) is 2.85. The summed E-state index contributed by atoms with van der Waals surface area (Å²) in [5.41, 5.74) is 1.71. The molecule has 1 atom stereocenters. The van der Waals surface area contributed by atoms with Gasteiger partial charge in [-0.25, -0.2) is 0 Å². The molecule has 0 spiro atoms. The Hall–Kier alpha value is -2.23. The van der Waals surface area contributed by atoms with Crippen LogP contribution in [0.3, 0.4) is 0 Å². The Kier molecular flexibility index (Phi) is 4.13. The van der Waals surface area contributed by atoms with Gasteiger partial charge >= 0.3 is 0 Å². The Morgan fingerprint density at radius 2 is 1.80 bits per heavy atom. The van der Waals surface area contributed by atoms with Crippen molar-refractivity contribution in [2.45, 2.75) is 19.9 Å². The molecule has 2 rings (SSSR count). The van der Waals surface area contributed by atoms with Crippen LogP contribution in [0.1, 0.15) is 34.8 Å². The first-order valence-corrected chi connectivity index (χ1v) is 6.62. The lowest BCUT2D eigenvalue weighted by Crippen LogP contribution is -2.26. The number of hydrogen-bond acceptors (Lipinski definition) is 3. The van der Waals surface area contributed by atoms with E-state index in [1.165, 1.54) is 0 Å². The molecule has 0 aliphatic carbocycles. The lowest BCUT2D eigenvalue weighted by molar-refractivity contribution is 0.0935. The van der Waals surface area contributed by atoms with Gasteiger partial charge in [0.05, 0.1) is 6.04 Å². The number of furan rings is 1. The first-order chi connectivity index (χ1) is 9.47. The maximum absolute atomic E-state index is 12.1. The fraction of sp³-hybridized carbons (Fsp3) is 0.312. The zero-order valence-electron chi connectivity index (χ0n) is 12.3. The SMILES string of the molecule is Cc1ccc([C@H](C)NC(=O)c2ccc(N(C)C)cc2)o1. The van der Waals surface area contributed by atoms with Crippen molar-refractivity contribution in [1.29, 1.82) is 0 Å². The standard InChI is InChI=1S/C16H20N2O2/c1-11-5-10-15(20-11)12(2)17-16(19)13-6-8-14(9-7-13)18(3)4/h5-10,12H,1-4H3,(H,17,19)/t12-/m0/s1. The van der Waals surface area contributed by atoms with E-state index in [1.54, 1.807) is 0 Å². The highest BCUT2D eigenvalue weighted by molar-refractivity contribution is 5.94. The van der Waals surface area contributed by atoms with Crippen LogP contribution in [-0.4, -0.2) is 20.0 Å². The largest absolute Gasteiger partial charge is 0.464 e. The third-order valence-electron chi connectivity index (χ3n) is 3.18. The highest BCUT2D eigenvalue weighted by atomic mass is 16.3. The van der Waals surface area contributed by atoms with E-state index in [2.05, 4.69) is 5.32 Å². The Morgan fingerprint density at radius 1 is 1.15 bits per heavy atom. The van der Waals surface area contributed by atoms with E-state index in [0.717, 1.165) is 17.2 Å². The van der Waals surface area contributed by atoms with E-state index in [0.29, 0.717) is 5.56 Å². The van der Waals surface area contributed by atoms with Crippen molar-refractivity contribution < 1.29 is 9.21 Å². The molecule has 1 N–H and O–H groups in total. The molecule has 1 aromatic carbocycles. The molecule has 106 valence electrons. The van der Waals surface area contributed by atoms with E-state index in [9.17, 15) is 4.79 Å². The molecule has 0 saturated carbocycles. The number of aryl methyl sites for hydroxylation is 1. The lowest BCUT2D eigenvalue weighted by atomic mass is 10.1. The summed E-state index contributed by atoms with van der Waals surface area (Å²) in [6, 6.07) is 11.1. The molecule has 4 heteroatoms. The number of benzene rings is 1. The van der Waals surface area contributed by atoms with Crippen LogP contribution in [0.4, 0.5) is 5.69 Å². The number of carbonyl (C=O) groups excluding carboxylic acids is 1. The summed E-state index contributed by atoms with van der Waals surface area (Å²) in [6.07, 6.45) is 0. The van der Waals surface area contributed by atoms with Crippen molar-refractivity contribution in [1.82, 2.24) is 5.32 Å². The molecule has 0 aliphatic rings. The first-order valence-electron chi connectivity index (χ1n) is 6.62. The second-order valence-electron chi connectivity index (χ2n) is 5.08. The van der Waals surface area contributed by atoms with Gasteiger partial charge in [-0.1, -0.05) is 0 Å². The fourth-order valence-electron chi connectivity index (χ4n) is 1.95. The molecule has 0 unspecified atom stereocenters. The summed E-state index contributed by atoms with van der Waals surface area (Å²) in [6.45, 7) is 3.79. The predicted octanol–water partition coefficient (Wildman–Crippen LogP) is 3.15. The van der Waals surface area contributed by atoms with Gasteiger partial charge in [0.2, 0.25) is 0 Å². The van der Waals surface area contributed by atoms with E-state index in [1.807, 2.05) is 69.2 Å². The number of rotatable bonds is 4. The Balaban J connectivity index is 2.04. The highest BCUT2D eigenvalue weighted by Gasteiger charge is 2.14. The molecular formula is C16H20N2O2. The van der Waals surface area contributed by atoms with Gasteiger partial charge in [0, 0.05) is 25.3 Å². The second-order valence-corrected chi connectivity index (χ2v) is 5.08. The Labute approximate surface area is 119 Å². The molecule has 20 heavy (non-hydrogen) atoms. The fourth-order valence-corrected chi connectivity index (χ4v) is 1.95. The molecule has 0 bridgehead atoms. The van der Waals surface area contributed by atoms with Crippen LogP contribution in [0.15, 0.2) is 40.8 Å². The molecule has 4 nitrogen and oxygen atoms in total. The molecule has 0 aliphatic heterocycles. The van der Waals surface area contributed by atoms with Crippen LogP contribution < -0.4 is 10.2 Å². The number of nitrogens with one attached hydrogen (secondary N) is 1. The van der Waals surface area contributed by atoms with Crippen LogP contribution in [0, 0.1) is 6.92 Å². The normalized spacial score (nSPS) is 12.0. The average molecular weight is 272 g/mol. The van der Waals surface area contributed by atoms with E-state index < -0.39 is 0 Å². The van der Waals surface area contributed by atoms with Gasteiger partial charge in [0.15, 0.2) is 0 Å². The maximum Gasteiger partial charge on any atom is 0.251 e. The highest BCUT2D eigenvalue weighted by Crippen LogP contribution is 2.17. The molecule has 1 heterocycles. The van der Waals surface area contributed by atoms with Gasteiger partial charge < -0.3 is 14.6 Å². The summed E-state index contributed by atoms with van der Waals surface area (Å²) in [7, 11) is 3.94. The van der Waals surface area contributed by atoms with Crippen molar-refractivity contribution in [3.8, 4) is 0 Å². The topological polar surface area (TPSA) is 45.5 Å². The summed E-state index contributed by atoms with van der Waals surface area (Å²) >= 11 is 0. The van der Waals surface area contributed by atoms with Gasteiger partial charge in [-0.15, -0.1) is 0 Å². The number of carbonyl (C=O) groups is 1. The van der Waals surface area contributed by atoms with Crippen LogP contribution in [-0.2, 0) is 0 Å². The quantitative estimate of drug-likeness (QED) is 0.930. The van der Waals surface area contributed by atoms with Gasteiger partial charge in [0.25, 0.3) is 5.91 Å². The predicted molar refractivity (Wildman–Crippen MR) is 80.1 cm³/mol. The zero-order chi connectivity index (χ0) is 14.7. The lowest BCUT2D eigenvalue weighted by Gasteiger charge is -2.14. The van der Waals surface area contributed by atoms with Gasteiger partial charge in [-0.05, 0) is 50.2 Å². The number of anilines is 1. The molecule has 2 aromatic rings. The second kappa shape index (κ2) is 5.82. The molecule has 1 amide bonds. The van der Waals surface area contributed by atoms with E-state index in [-0.39, 0.29) is 11.9 Å². The molecule has 0 saturated heterocycles. The molecule has 0 fully saturated rings. The van der Waals surface area contributed by atoms with E-state index in [4.69, 9.17) is 4.42 Å². The molecular weight excluding hydrogens is 252 g/mol. The molecule has 1 aromatic heterocycles. The summed E-state index contributed by atoms with van der Waals surface area (Å²) in [4.78, 5) is 14.1. The van der Waals surface area contributed by atoms with Crippen LogP contribution in [0.5, 0.6) is 0 Å². The molecule has 0 radical (unpaired) electrons. The van der Waals surface area contributed by atoms with Crippen molar-refractivity contribution in [2.24, 2.45) is 0 Å². The van der Waals surface area contributed by atoms with Crippen LogP contribution in [0.2, 0.25) is 0 Å². The van der Waals surface area contributed by atoms with Crippen molar-refractivity contribution in [3.05, 3.63) is 53.5 Å². The third kappa shape index (κ3) is 3.20. The van der Waals surface area contributed by atoms with Crippen LogP contribution in [0.25, 0.3) is 0 Å². The maximum atomic E-state index is 12.1. The first kappa shape index (κ1) is 14.2. The van der Waals surface area contributed by atoms with Gasteiger partial charge in [-0.2, -0.15) is 0 Å². The number of hydrogen-bond donors (Lipinski definition) is 1. The zero-order valence-corrected chi connectivity index (χ0v) is 12.3. The minimum Gasteiger partial charge on any atom is -0.464 e. The van der Waals surface area contributed by atoms with Gasteiger partial charge in [-0.3, -0.25) is 4.79 Å². The minimum absolute atomic E-state index is 0.100. The van der Waals surface area contributed by atoms with E-state index >= 15 is 0 Å². The summed E-state index contributed by atoms with van der Waals surface area (Å²) < 4.78 is 5.51. The van der Waals surface area contributed by atoms with Crippen molar-refractivity contribution in [2.75, 3.05) is 19.0 Å². The minimum atomic E-state index is -0.148.